The molecule has 0 bridgehead atoms. The molecule has 0 N–H and O–H groups in total. The van der Waals surface area contributed by atoms with E-state index in [-0.39, 0.29) is 0 Å². The van der Waals surface area contributed by atoms with E-state index in [0.29, 0.717) is 0 Å². The van der Waals surface area contributed by atoms with Crippen molar-refractivity contribution in [1.82, 2.24) is 0 Å². The fourth-order valence-corrected chi connectivity index (χ4v) is 6.95. The third kappa shape index (κ3) is 5.65. The minimum Gasteiger partial charge on any atom is -0.496 e. The molecule has 244 valence electrons. The maximum atomic E-state index is 5.92. The first kappa shape index (κ1) is 31.0. The van der Waals surface area contributed by atoms with Gasteiger partial charge in [0.15, 0.2) is 0 Å². The van der Waals surface area contributed by atoms with Gasteiger partial charge in [-0.1, -0.05) is 84.9 Å². The van der Waals surface area contributed by atoms with Gasteiger partial charge in [-0.25, -0.2) is 0 Å². The van der Waals surface area contributed by atoms with E-state index in [2.05, 4.69) is 146 Å². The molecule has 8 aromatic rings. The first-order valence-corrected chi connectivity index (χ1v) is 16.6. The van der Waals surface area contributed by atoms with Gasteiger partial charge in [-0.2, -0.15) is 0 Å². The molecule has 0 fully saturated rings. The van der Waals surface area contributed by atoms with E-state index in [4.69, 9.17) is 18.9 Å². The SMILES string of the molecule is COc1cc2cc(-c3ccc4ccccc4c3)c(OC)cc2cc1/C=C/c1cc2cc(OC)c(-c3ccc4ccccc4c3)cc2cc1OC. The molecular weight excluding hydrogens is 617 g/mol. The van der Waals surface area contributed by atoms with Crippen LogP contribution in [0.25, 0.3) is 77.5 Å². The number of hydrogen-bond donors (Lipinski definition) is 0. The molecule has 4 heteroatoms. The van der Waals surface area contributed by atoms with Gasteiger partial charge in [-0.15, -0.1) is 0 Å². The lowest BCUT2D eigenvalue weighted by atomic mass is 9.95. The second-order valence-electron chi connectivity index (χ2n) is 12.4. The van der Waals surface area contributed by atoms with E-state index in [1.54, 1.807) is 28.4 Å². The van der Waals surface area contributed by atoms with Crippen molar-refractivity contribution in [3.05, 3.63) is 145 Å². The Morgan fingerprint density at radius 2 is 0.680 bits per heavy atom. The van der Waals surface area contributed by atoms with Crippen molar-refractivity contribution in [3.63, 3.8) is 0 Å². The topological polar surface area (TPSA) is 36.9 Å². The Kier molecular flexibility index (Phi) is 8.06. The lowest BCUT2D eigenvalue weighted by molar-refractivity contribution is 0.413. The van der Waals surface area contributed by atoms with Gasteiger partial charge in [0.25, 0.3) is 0 Å². The van der Waals surface area contributed by atoms with Crippen molar-refractivity contribution >= 4 is 55.2 Å². The molecule has 0 atom stereocenters. The highest BCUT2D eigenvalue weighted by atomic mass is 16.5. The van der Waals surface area contributed by atoms with Gasteiger partial charge in [0.05, 0.1) is 28.4 Å². The van der Waals surface area contributed by atoms with Gasteiger partial charge in [-0.05, 0) is 115 Å². The second-order valence-corrected chi connectivity index (χ2v) is 12.4. The van der Waals surface area contributed by atoms with Crippen molar-refractivity contribution in [3.8, 4) is 45.3 Å². The van der Waals surface area contributed by atoms with Crippen molar-refractivity contribution in [1.29, 1.82) is 0 Å². The molecule has 0 spiro atoms. The lowest BCUT2D eigenvalue weighted by Gasteiger charge is -2.15. The Morgan fingerprint density at radius 3 is 1.08 bits per heavy atom. The van der Waals surface area contributed by atoms with E-state index >= 15 is 0 Å². The zero-order valence-electron chi connectivity index (χ0n) is 28.5. The Morgan fingerprint density at radius 1 is 0.320 bits per heavy atom. The zero-order chi connectivity index (χ0) is 34.2. The molecule has 0 saturated carbocycles. The summed E-state index contributed by atoms with van der Waals surface area (Å²) in [4.78, 5) is 0. The third-order valence-corrected chi connectivity index (χ3v) is 9.58. The summed E-state index contributed by atoms with van der Waals surface area (Å²) in [6.07, 6.45) is 4.15. The minimum atomic E-state index is 0.782. The first-order chi connectivity index (χ1) is 24.5. The summed E-state index contributed by atoms with van der Waals surface area (Å²) >= 11 is 0. The summed E-state index contributed by atoms with van der Waals surface area (Å²) in [7, 11) is 6.87. The van der Waals surface area contributed by atoms with E-state index in [9.17, 15) is 0 Å². The minimum absolute atomic E-state index is 0.782. The van der Waals surface area contributed by atoms with Gasteiger partial charge in [0.1, 0.15) is 23.0 Å². The molecule has 8 aromatic carbocycles. The van der Waals surface area contributed by atoms with Gasteiger partial charge in [-0.3, -0.25) is 0 Å². The van der Waals surface area contributed by atoms with E-state index < -0.39 is 0 Å². The van der Waals surface area contributed by atoms with Crippen molar-refractivity contribution in [2.24, 2.45) is 0 Å². The Balaban J connectivity index is 1.17. The molecule has 50 heavy (non-hydrogen) atoms. The molecule has 0 aromatic heterocycles. The first-order valence-electron chi connectivity index (χ1n) is 16.6. The predicted molar refractivity (Wildman–Crippen MR) is 209 cm³/mol. The van der Waals surface area contributed by atoms with Crippen LogP contribution in [0.1, 0.15) is 11.1 Å². The molecule has 4 nitrogen and oxygen atoms in total. The Bertz CT molecular complexity index is 2420. The van der Waals surface area contributed by atoms with Gasteiger partial charge in [0.2, 0.25) is 0 Å². The summed E-state index contributed by atoms with van der Waals surface area (Å²) < 4.78 is 23.7. The van der Waals surface area contributed by atoms with Crippen molar-refractivity contribution in [2.45, 2.75) is 0 Å². The molecule has 0 heterocycles. The standard InChI is InChI=1S/C46H36O4/c1-47-43-25-39-23-41(33-15-13-29-9-5-7-11-31(29)19-33)45(49-3)27-37(39)21-35(43)17-18-36-22-38-28-46(50-4)42(24-40(38)26-44(36)48-2)34-16-14-30-10-6-8-12-32(30)20-34/h5-28H,1-4H3/b18-17+. The van der Waals surface area contributed by atoms with Crippen LogP contribution >= 0.6 is 0 Å². The summed E-state index contributed by atoms with van der Waals surface area (Å²) in [6.45, 7) is 0. The molecule has 0 unspecified atom stereocenters. The van der Waals surface area contributed by atoms with Crippen molar-refractivity contribution in [2.75, 3.05) is 28.4 Å². The third-order valence-electron chi connectivity index (χ3n) is 9.58. The quantitative estimate of drug-likeness (QED) is 0.153. The van der Waals surface area contributed by atoms with Crippen LogP contribution in [0.2, 0.25) is 0 Å². The number of rotatable bonds is 8. The van der Waals surface area contributed by atoms with Crippen LogP contribution < -0.4 is 18.9 Å². The molecular formula is C46H36O4. The van der Waals surface area contributed by atoms with Crippen LogP contribution in [0.5, 0.6) is 23.0 Å². The number of ether oxygens (including phenoxy) is 4. The normalized spacial score (nSPS) is 11.5. The highest BCUT2D eigenvalue weighted by Gasteiger charge is 2.14. The fraction of sp³-hybridized carbons (Fsp3) is 0.0870. The van der Waals surface area contributed by atoms with E-state index in [1.165, 1.54) is 21.5 Å². The van der Waals surface area contributed by atoms with E-state index in [0.717, 1.165) is 77.9 Å². The van der Waals surface area contributed by atoms with Gasteiger partial charge < -0.3 is 18.9 Å². The maximum Gasteiger partial charge on any atom is 0.127 e. The monoisotopic (exact) mass is 652 g/mol. The maximum absolute atomic E-state index is 5.92. The van der Waals surface area contributed by atoms with Crippen LogP contribution in [0.4, 0.5) is 0 Å². The van der Waals surface area contributed by atoms with Crippen LogP contribution in [-0.4, -0.2) is 28.4 Å². The highest BCUT2D eigenvalue weighted by Crippen LogP contribution is 2.40. The molecule has 0 aliphatic rings. The summed E-state index contributed by atoms with van der Waals surface area (Å²) in [6, 6.07) is 46.9. The van der Waals surface area contributed by atoms with Crippen LogP contribution in [0, 0.1) is 0 Å². The Labute approximate surface area is 291 Å². The summed E-state index contributed by atoms with van der Waals surface area (Å²) in [5, 5.41) is 9.06. The number of fused-ring (bicyclic) bond motifs is 4. The Hall–Kier alpha value is -6.26. The molecule has 0 radical (unpaired) electrons. The van der Waals surface area contributed by atoms with Gasteiger partial charge in [0, 0.05) is 22.3 Å². The molecule has 8 rings (SSSR count). The average molecular weight is 653 g/mol. The summed E-state index contributed by atoms with van der Waals surface area (Å²) in [5.74, 6) is 3.21. The molecule has 0 saturated heterocycles. The van der Waals surface area contributed by atoms with Crippen molar-refractivity contribution < 1.29 is 18.9 Å². The highest BCUT2D eigenvalue weighted by molar-refractivity contribution is 5.98. The predicted octanol–water partition coefficient (Wildman–Crippen LogP) is 11.8. The average Bonchev–Trinajstić information content (AvgIpc) is 3.17. The molecule has 0 aliphatic heterocycles. The second kappa shape index (κ2) is 13.0. The molecule has 0 aliphatic carbocycles. The fourth-order valence-electron chi connectivity index (χ4n) is 6.95. The number of methoxy groups -OCH3 is 4. The smallest absolute Gasteiger partial charge is 0.127 e. The number of benzene rings is 8. The largest absolute Gasteiger partial charge is 0.496 e. The van der Waals surface area contributed by atoms with Crippen LogP contribution in [-0.2, 0) is 0 Å². The lowest BCUT2D eigenvalue weighted by Crippen LogP contribution is -1.93. The van der Waals surface area contributed by atoms with Crippen LogP contribution in [0.15, 0.2) is 133 Å². The zero-order valence-corrected chi connectivity index (χ0v) is 28.5. The summed E-state index contributed by atoms with van der Waals surface area (Å²) in [5.41, 5.74) is 6.19. The van der Waals surface area contributed by atoms with Gasteiger partial charge >= 0.3 is 0 Å². The number of hydrogen-bond acceptors (Lipinski definition) is 4. The molecule has 0 amide bonds. The van der Waals surface area contributed by atoms with Crippen LogP contribution in [0.3, 0.4) is 0 Å². The van der Waals surface area contributed by atoms with E-state index in [1.807, 2.05) is 0 Å².